The summed E-state index contributed by atoms with van der Waals surface area (Å²) in [5, 5.41) is 31.3. The molecule has 3 N–H and O–H groups in total. The molecule has 2 aromatic carbocycles. The van der Waals surface area contributed by atoms with Crippen LogP contribution in [0.2, 0.25) is 0 Å². The zero-order chi connectivity index (χ0) is 16.4. The number of hydrogen-bond donors (Lipinski definition) is 3. The van der Waals surface area contributed by atoms with Gasteiger partial charge in [0.2, 0.25) is 0 Å². The zero-order valence-corrected chi connectivity index (χ0v) is 13.2. The quantitative estimate of drug-likeness (QED) is 0.374. The molecule has 23 heavy (non-hydrogen) atoms. The summed E-state index contributed by atoms with van der Waals surface area (Å²) in [6.07, 6.45) is 1.40. The highest BCUT2D eigenvalue weighted by Gasteiger charge is 2.17. The van der Waals surface area contributed by atoms with Gasteiger partial charge in [-0.25, -0.2) is 0 Å². The second kappa shape index (κ2) is 6.14. The third kappa shape index (κ3) is 2.91. The molecular formula is C18H15NO3S. The first-order valence-electron chi connectivity index (χ1n) is 7.00. The van der Waals surface area contributed by atoms with Gasteiger partial charge in [0, 0.05) is 10.4 Å². The van der Waals surface area contributed by atoms with Gasteiger partial charge in [0.05, 0.1) is 11.1 Å². The van der Waals surface area contributed by atoms with Crippen LogP contribution >= 0.6 is 11.3 Å². The van der Waals surface area contributed by atoms with E-state index < -0.39 is 0 Å². The molecule has 116 valence electrons. The smallest absolute Gasteiger partial charge is 0.116 e. The minimum absolute atomic E-state index is 0.186. The molecule has 4 nitrogen and oxygen atoms in total. The van der Waals surface area contributed by atoms with E-state index in [-0.39, 0.29) is 11.5 Å². The van der Waals surface area contributed by atoms with Crippen LogP contribution in [-0.2, 0) is 0 Å². The Bertz CT molecular complexity index is 866. The molecule has 0 aliphatic heterocycles. The van der Waals surface area contributed by atoms with Gasteiger partial charge < -0.3 is 15.4 Å². The Kier molecular flexibility index (Phi) is 4.04. The van der Waals surface area contributed by atoms with E-state index in [1.807, 2.05) is 25.1 Å². The van der Waals surface area contributed by atoms with Crippen molar-refractivity contribution in [2.24, 2.45) is 5.16 Å². The van der Waals surface area contributed by atoms with Crippen LogP contribution in [0.3, 0.4) is 0 Å². The predicted octanol–water partition coefficient (Wildman–Crippen LogP) is 4.61. The van der Waals surface area contributed by atoms with E-state index in [0.717, 1.165) is 32.0 Å². The van der Waals surface area contributed by atoms with Crippen molar-refractivity contribution in [1.82, 2.24) is 0 Å². The van der Waals surface area contributed by atoms with Crippen molar-refractivity contribution < 1.29 is 15.4 Å². The summed E-state index contributed by atoms with van der Waals surface area (Å²) in [4.78, 5) is 1.83. The topological polar surface area (TPSA) is 73.1 Å². The fourth-order valence-corrected chi connectivity index (χ4v) is 3.79. The van der Waals surface area contributed by atoms with Gasteiger partial charge in [-0.3, -0.25) is 0 Å². The third-order valence-electron chi connectivity index (χ3n) is 3.61. The van der Waals surface area contributed by atoms with Gasteiger partial charge in [0.1, 0.15) is 11.5 Å². The fourth-order valence-electron chi connectivity index (χ4n) is 2.59. The summed E-state index contributed by atoms with van der Waals surface area (Å²) in [6.45, 7) is 1.99. The van der Waals surface area contributed by atoms with Crippen LogP contribution in [0.5, 0.6) is 11.5 Å². The summed E-state index contributed by atoms with van der Waals surface area (Å²) < 4.78 is 0. The Morgan fingerprint density at radius 1 is 0.957 bits per heavy atom. The van der Waals surface area contributed by atoms with Crippen molar-refractivity contribution in [2.75, 3.05) is 0 Å². The molecule has 0 spiro atoms. The zero-order valence-electron chi connectivity index (χ0n) is 12.4. The normalized spacial score (nSPS) is 11.2. The molecule has 0 unspecified atom stereocenters. The van der Waals surface area contributed by atoms with Gasteiger partial charge >= 0.3 is 0 Å². The molecule has 1 heterocycles. The van der Waals surface area contributed by atoms with Crippen LogP contribution in [0, 0.1) is 6.92 Å². The average molecular weight is 325 g/mol. The summed E-state index contributed by atoms with van der Waals surface area (Å²) in [5.41, 5.74) is 3.79. The Hall–Kier alpha value is -2.79. The van der Waals surface area contributed by atoms with E-state index in [1.165, 1.54) is 17.6 Å². The summed E-state index contributed by atoms with van der Waals surface area (Å²) in [7, 11) is 0. The Balaban J connectivity index is 2.21. The van der Waals surface area contributed by atoms with Crippen LogP contribution in [-0.4, -0.2) is 21.6 Å². The number of phenols is 2. The lowest BCUT2D eigenvalue weighted by atomic mass is 9.99. The Labute approximate surface area is 137 Å². The number of oxime groups is 1. The monoisotopic (exact) mass is 325 g/mol. The highest BCUT2D eigenvalue weighted by atomic mass is 32.1. The minimum atomic E-state index is 0.186. The molecule has 0 atom stereocenters. The maximum Gasteiger partial charge on any atom is 0.116 e. The van der Waals surface area contributed by atoms with Crippen molar-refractivity contribution in [1.29, 1.82) is 0 Å². The lowest BCUT2D eigenvalue weighted by Crippen LogP contribution is -1.85. The summed E-state index contributed by atoms with van der Waals surface area (Å²) in [6, 6.07) is 14.0. The van der Waals surface area contributed by atoms with Crippen LogP contribution in [0.25, 0.3) is 21.6 Å². The van der Waals surface area contributed by atoms with Crippen molar-refractivity contribution in [3.05, 3.63) is 59.0 Å². The lowest BCUT2D eigenvalue weighted by molar-refractivity contribution is 0.322. The third-order valence-corrected chi connectivity index (χ3v) is 4.89. The lowest BCUT2D eigenvalue weighted by Gasteiger charge is -2.05. The SMILES string of the molecule is Cc1c(-c2ccc(O)cc2)sc(C=NO)c1-c1cccc(O)c1. The standard InChI is InChI=1S/C18H15NO3S/c1-11-17(13-3-2-4-15(21)9-13)16(10-19-22)23-18(11)12-5-7-14(20)8-6-12/h2-10,20-22H,1H3. The number of phenolic OH excluding ortho intramolecular Hbond substituents is 2. The predicted molar refractivity (Wildman–Crippen MR) is 92.6 cm³/mol. The number of rotatable bonds is 3. The van der Waals surface area contributed by atoms with Crippen LogP contribution < -0.4 is 0 Å². The maximum atomic E-state index is 9.73. The highest BCUT2D eigenvalue weighted by Crippen LogP contribution is 2.42. The second-order valence-electron chi connectivity index (χ2n) is 5.14. The Morgan fingerprint density at radius 3 is 2.35 bits per heavy atom. The highest BCUT2D eigenvalue weighted by molar-refractivity contribution is 7.18. The molecule has 3 aromatic rings. The van der Waals surface area contributed by atoms with Gasteiger partial charge in [-0.1, -0.05) is 17.3 Å². The number of hydrogen-bond acceptors (Lipinski definition) is 5. The number of thiophene rings is 1. The number of nitrogens with zero attached hydrogens (tertiary/aromatic N) is 1. The van der Waals surface area contributed by atoms with E-state index in [2.05, 4.69) is 5.16 Å². The van der Waals surface area contributed by atoms with E-state index in [4.69, 9.17) is 5.21 Å². The van der Waals surface area contributed by atoms with Crippen molar-refractivity contribution in [3.63, 3.8) is 0 Å². The first-order chi connectivity index (χ1) is 11.1. The van der Waals surface area contributed by atoms with Gasteiger partial charge in [-0.05, 0) is 60.0 Å². The molecule has 0 saturated heterocycles. The van der Waals surface area contributed by atoms with Crippen LogP contribution in [0.1, 0.15) is 10.4 Å². The van der Waals surface area contributed by atoms with Gasteiger partial charge in [-0.15, -0.1) is 11.3 Å². The maximum absolute atomic E-state index is 9.73. The van der Waals surface area contributed by atoms with E-state index in [1.54, 1.807) is 30.3 Å². The average Bonchev–Trinajstić information content (AvgIpc) is 2.85. The number of benzene rings is 2. The molecule has 1 aromatic heterocycles. The first kappa shape index (κ1) is 15.1. The van der Waals surface area contributed by atoms with Gasteiger partial charge in [0.25, 0.3) is 0 Å². The second-order valence-corrected chi connectivity index (χ2v) is 6.19. The molecule has 0 fully saturated rings. The van der Waals surface area contributed by atoms with Crippen LogP contribution in [0.15, 0.2) is 53.7 Å². The molecule has 0 aliphatic rings. The molecule has 0 amide bonds. The first-order valence-corrected chi connectivity index (χ1v) is 7.81. The fraction of sp³-hybridized carbons (Fsp3) is 0.0556. The van der Waals surface area contributed by atoms with Gasteiger partial charge in [0.15, 0.2) is 0 Å². The van der Waals surface area contributed by atoms with Crippen molar-refractivity contribution in [3.8, 4) is 33.1 Å². The van der Waals surface area contributed by atoms with E-state index in [9.17, 15) is 10.2 Å². The molecule has 0 aliphatic carbocycles. The summed E-state index contributed by atoms with van der Waals surface area (Å²) in [5.74, 6) is 0.402. The van der Waals surface area contributed by atoms with E-state index in [0.29, 0.717) is 0 Å². The van der Waals surface area contributed by atoms with Gasteiger partial charge in [-0.2, -0.15) is 0 Å². The molecular weight excluding hydrogens is 310 g/mol. The molecule has 3 rings (SSSR count). The van der Waals surface area contributed by atoms with E-state index >= 15 is 0 Å². The number of aromatic hydroxyl groups is 2. The summed E-state index contributed by atoms with van der Waals surface area (Å²) >= 11 is 1.50. The molecule has 5 heteroatoms. The molecule has 0 bridgehead atoms. The van der Waals surface area contributed by atoms with Crippen molar-refractivity contribution >= 4 is 17.6 Å². The minimum Gasteiger partial charge on any atom is -0.508 e. The Morgan fingerprint density at radius 2 is 1.70 bits per heavy atom. The molecule has 0 radical (unpaired) electrons. The van der Waals surface area contributed by atoms with Crippen molar-refractivity contribution in [2.45, 2.75) is 6.92 Å². The van der Waals surface area contributed by atoms with Crippen LogP contribution in [0.4, 0.5) is 0 Å². The largest absolute Gasteiger partial charge is 0.508 e. The molecule has 0 saturated carbocycles.